The Balaban J connectivity index is 1.81. The standard InChI is InChI=1S/C38H57N3O14/c1-11-27-32-31(53-37(46)54-32)23(6)39-34(44)19(2)18-38(7,49-10)33(55-36-29(43)26(40(8)9)16-20(3)50-36)21(4)30(22(5)35(45)51-27)52-28(42)17-24-12-14-25(15-13-24)41(47)48/h12-15,19-23,26-27,29-33,36,43H,11,16-18H2,1-10H3,(H,39,44)/t19-,20-,21+,22-,23-,26-,27-,29-,30+,31-,32-,33-,36+,38-/m1/s1. The van der Waals surface area contributed by atoms with Crippen LogP contribution in [-0.4, -0.2) is 127 Å². The van der Waals surface area contributed by atoms with E-state index in [0.29, 0.717) is 12.0 Å². The van der Waals surface area contributed by atoms with Crippen molar-refractivity contribution in [3.63, 3.8) is 0 Å². The number of amides is 1. The molecule has 0 aliphatic carbocycles. The zero-order chi connectivity index (χ0) is 40.9. The molecule has 0 bridgehead atoms. The van der Waals surface area contributed by atoms with Gasteiger partial charge >= 0.3 is 18.1 Å². The van der Waals surface area contributed by atoms with Gasteiger partial charge in [-0.15, -0.1) is 0 Å². The first-order valence-corrected chi connectivity index (χ1v) is 18.8. The van der Waals surface area contributed by atoms with Crippen LogP contribution in [0.3, 0.4) is 0 Å². The van der Waals surface area contributed by atoms with Gasteiger partial charge in [-0.05, 0) is 66.6 Å². The molecule has 0 unspecified atom stereocenters. The number of rotatable bonds is 9. The number of methoxy groups -OCH3 is 1. The smallest absolute Gasteiger partial charge is 0.461 e. The second kappa shape index (κ2) is 18.4. The highest BCUT2D eigenvalue weighted by atomic mass is 16.8. The van der Waals surface area contributed by atoms with Crippen molar-refractivity contribution in [3.8, 4) is 0 Å². The van der Waals surface area contributed by atoms with Crippen molar-refractivity contribution < 1.29 is 62.4 Å². The minimum Gasteiger partial charge on any atom is -0.461 e. The number of non-ortho nitro benzene ring substituents is 1. The van der Waals surface area contributed by atoms with E-state index < -0.39 is 101 Å². The lowest BCUT2D eigenvalue weighted by Gasteiger charge is -2.48. The molecule has 4 rings (SSSR count). The van der Waals surface area contributed by atoms with Gasteiger partial charge < -0.3 is 48.5 Å². The number of cyclic esters (lactones) is 1. The Kier molecular flexibility index (Phi) is 14.6. The fraction of sp³-hybridized carbons (Fsp3) is 0.737. The van der Waals surface area contributed by atoms with Gasteiger partial charge in [0, 0.05) is 37.1 Å². The quantitative estimate of drug-likeness (QED) is 0.159. The Hall–Kier alpha value is -3.90. The zero-order valence-electron chi connectivity index (χ0n) is 33.3. The summed E-state index contributed by atoms with van der Waals surface area (Å²) in [4.78, 5) is 66.6. The lowest BCUT2D eigenvalue weighted by molar-refractivity contribution is -0.384. The van der Waals surface area contributed by atoms with Crippen molar-refractivity contribution >= 4 is 29.7 Å². The minimum absolute atomic E-state index is 0.0524. The molecule has 0 aromatic heterocycles. The minimum atomic E-state index is -1.33. The van der Waals surface area contributed by atoms with E-state index in [-0.39, 0.29) is 37.1 Å². The second-order valence-corrected chi connectivity index (χ2v) is 15.5. The molecular weight excluding hydrogens is 722 g/mol. The van der Waals surface area contributed by atoms with Gasteiger partial charge in [0.2, 0.25) is 5.91 Å². The van der Waals surface area contributed by atoms with Crippen LogP contribution in [0.4, 0.5) is 10.5 Å². The van der Waals surface area contributed by atoms with Crippen LogP contribution >= 0.6 is 0 Å². The van der Waals surface area contributed by atoms with Crippen LogP contribution in [0.2, 0.25) is 0 Å². The SMILES string of the molecule is CC[C@H]1OC(=O)[C@H](C)[C@@H](OC(=O)Cc2ccc([N+](=O)[O-])cc2)[C@H](C)[C@@H](O[C@@H]2O[C@H](C)C[C@@H](N(C)C)[C@H]2O)[C@](C)(OC)C[C@@H](C)C(=O)N[C@H](C)[C@H]2OC(=O)O[C@@H]21. The molecule has 17 nitrogen and oxygen atoms in total. The van der Waals surface area contributed by atoms with E-state index in [1.165, 1.54) is 38.3 Å². The first-order valence-electron chi connectivity index (χ1n) is 18.8. The lowest BCUT2D eigenvalue weighted by atomic mass is 9.77. The number of hydrogen-bond donors (Lipinski definition) is 2. The Labute approximate surface area is 321 Å². The number of nitro groups is 1. The molecule has 1 aromatic carbocycles. The van der Waals surface area contributed by atoms with Gasteiger partial charge in [0.1, 0.15) is 18.3 Å². The molecule has 3 aliphatic heterocycles. The van der Waals surface area contributed by atoms with Gasteiger partial charge in [0.25, 0.3) is 5.69 Å². The number of esters is 2. The Bertz CT molecular complexity index is 1530. The molecule has 17 heteroatoms. The number of ether oxygens (including phenoxy) is 7. The predicted molar refractivity (Wildman–Crippen MR) is 194 cm³/mol. The van der Waals surface area contributed by atoms with Crippen LogP contribution in [0.5, 0.6) is 0 Å². The average Bonchev–Trinajstić information content (AvgIpc) is 3.53. The van der Waals surface area contributed by atoms with Crippen LogP contribution < -0.4 is 5.32 Å². The summed E-state index contributed by atoms with van der Waals surface area (Å²) < 4.78 is 42.1. The highest BCUT2D eigenvalue weighted by molar-refractivity contribution is 5.79. The number of likely N-dealkylation sites (N-methyl/N-ethyl adjacent to an activating group) is 1. The summed E-state index contributed by atoms with van der Waals surface area (Å²) in [6, 6.07) is 4.35. The summed E-state index contributed by atoms with van der Waals surface area (Å²) in [5.74, 6) is -4.68. The Morgan fingerprint density at radius 3 is 2.27 bits per heavy atom. The van der Waals surface area contributed by atoms with Gasteiger partial charge in [0.05, 0.1) is 41.1 Å². The lowest BCUT2D eigenvalue weighted by Crippen LogP contribution is -2.60. The average molecular weight is 780 g/mol. The maximum absolute atomic E-state index is 14.1. The molecule has 3 saturated heterocycles. The molecule has 14 atom stereocenters. The number of benzene rings is 1. The molecule has 3 heterocycles. The van der Waals surface area contributed by atoms with Crippen LogP contribution in [0.25, 0.3) is 0 Å². The molecule has 3 aliphatic rings. The van der Waals surface area contributed by atoms with Crippen LogP contribution in [0.1, 0.15) is 73.3 Å². The van der Waals surface area contributed by atoms with E-state index in [1.54, 1.807) is 34.6 Å². The maximum atomic E-state index is 14.1. The normalized spacial score (nSPS) is 37.7. The molecule has 2 N–H and O–H groups in total. The zero-order valence-corrected chi connectivity index (χ0v) is 33.3. The summed E-state index contributed by atoms with van der Waals surface area (Å²) >= 11 is 0. The van der Waals surface area contributed by atoms with Crippen LogP contribution in [0, 0.1) is 27.9 Å². The number of nitrogens with zero attached hydrogens (tertiary/aromatic N) is 2. The van der Waals surface area contributed by atoms with Crippen molar-refractivity contribution in [2.45, 2.75) is 141 Å². The first-order chi connectivity index (χ1) is 25.8. The number of aliphatic hydroxyl groups excluding tert-OH is 1. The monoisotopic (exact) mass is 779 g/mol. The van der Waals surface area contributed by atoms with Crippen LogP contribution in [0.15, 0.2) is 24.3 Å². The van der Waals surface area contributed by atoms with E-state index in [2.05, 4.69) is 5.32 Å². The van der Waals surface area contributed by atoms with Crippen molar-refractivity contribution in [1.82, 2.24) is 10.2 Å². The summed E-state index contributed by atoms with van der Waals surface area (Å²) in [6.07, 6.45) is -8.46. The fourth-order valence-corrected chi connectivity index (χ4v) is 7.85. The van der Waals surface area contributed by atoms with Crippen molar-refractivity contribution in [1.29, 1.82) is 0 Å². The van der Waals surface area contributed by atoms with Crippen molar-refractivity contribution in [2.24, 2.45) is 17.8 Å². The molecule has 1 aromatic rings. The van der Waals surface area contributed by atoms with Gasteiger partial charge in [-0.2, -0.15) is 0 Å². The van der Waals surface area contributed by atoms with E-state index in [9.17, 15) is 34.4 Å². The summed E-state index contributed by atoms with van der Waals surface area (Å²) in [5.41, 5.74) is -1.05. The molecule has 3 fully saturated rings. The van der Waals surface area contributed by atoms with E-state index in [4.69, 9.17) is 33.2 Å². The van der Waals surface area contributed by atoms with E-state index >= 15 is 0 Å². The molecule has 55 heavy (non-hydrogen) atoms. The molecule has 0 radical (unpaired) electrons. The summed E-state index contributed by atoms with van der Waals surface area (Å²) in [7, 11) is 5.13. The van der Waals surface area contributed by atoms with Crippen molar-refractivity contribution in [3.05, 3.63) is 39.9 Å². The summed E-state index contributed by atoms with van der Waals surface area (Å²) in [5, 5.41) is 25.7. The number of hydrogen-bond acceptors (Lipinski definition) is 15. The first kappa shape index (κ1) is 43.8. The molecule has 308 valence electrons. The molecular formula is C38H57N3O14. The third-order valence-corrected chi connectivity index (χ3v) is 11.1. The van der Waals surface area contributed by atoms with Gasteiger partial charge in [-0.1, -0.05) is 32.9 Å². The molecule has 0 spiro atoms. The number of fused-ring (bicyclic) bond motifs is 1. The van der Waals surface area contributed by atoms with E-state index in [1.807, 2.05) is 25.9 Å². The molecule has 0 saturated carbocycles. The highest BCUT2D eigenvalue weighted by Crippen LogP contribution is 2.39. The van der Waals surface area contributed by atoms with Gasteiger partial charge in [0.15, 0.2) is 18.5 Å². The Morgan fingerprint density at radius 1 is 1.05 bits per heavy atom. The highest BCUT2D eigenvalue weighted by Gasteiger charge is 2.52. The third kappa shape index (κ3) is 10.3. The number of nitro benzene ring substituents is 1. The number of carbonyl (C=O) groups is 4. The third-order valence-electron chi connectivity index (χ3n) is 11.1. The molecule has 1 amide bonds. The van der Waals surface area contributed by atoms with Gasteiger partial charge in [-0.3, -0.25) is 24.5 Å². The predicted octanol–water partition coefficient (Wildman–Crippen LogP) is 3.31. The number of nitrogens with one attached hydrogen (secondary N) is 1. The fourth-order valence-electron chi connectivity index (χ4n) is 7.85. The largest absolute Gasteiger partial charge is 0.509 e. The van der Waals surface area contributed by atoms with Gasteiger partial charge in [-0.25, -0.2) is 4.79 Å². The van der Waals surface area contributed by atoms with Crippen molar-refractivity contribution in [2.75, 3.05) is 21.2 Å². The maximum Gasteiger partial charge on any atom is 0.509 e. The van der Waals surface area contributed by atoms with E-state index in [0.717, 1.165) is 0 Å². The van der Waals surface area contributed by atoms with Crippen LogP contribution in [-0.2, 0) is 54.0 Å². The topological polar surface area (TPSA) is 212 Å². The summed E-state index contributed by atoms with van der Waals surface area (Å²) in [6.45, 7) is 11.9. The number of aliphatic hydroxyl groups is 1. The Morgan fingerprint density at radius 2 is 1.69 bits per heavy atom. The second-order valence-electron chi connectivity index (χ2n) is 15.5. The number of carbonyl (C=O) groups excluding carboxylic acids is 4.